The molecule has 0 unspecified atom stereocenters. The number of carbonyl (C=O) groups is 1. The summed E-state index contributed by atoms with van der Waals surface area (Å²) in [6, 6.07) is 29.5. The number of methoxy groups -OCH3 is 1. The van der Waals surface area contributed by atoms with Crippen LogP contribution in [0.2, 0.25) is 0 Å². The first-order chi connectivity index (χ1) is 32.8. The van der Waals surface area contributed by atoms with Gasteiger partial charge < -0.3 is 34.3 Å². The van der Waals surface area contributed by atoms with Crippen molar-refractivity contribution in [2.75, 3.05) is 48.8 Å². The van der Waals surface area contributed by atoms with Gasteiger partial charge in [0, 0.05) is 173 Å². The molecular formula is C53H50N12O2. The maximum Gasteiger partial charge on any atom is 0.219 e. The molecule has 0 bridgehead atoms. The van der Waals surface area contributed by atoms with Crippen LogP contribution in [0.3, 0.4) is 0 Å². The van der Waals surface area contributed by atoms with Gasteiger partial charge in [-0.2, -0.15) is 0 Å². The number of benzene rings is 4. The topological polar surface area (TPSA) is 144 Å². The van der Waals surface area contributed by atoms with Crippen molar-refractivity contribution in [1.29, 1.82) is 0 Å². The van der Waals surface area contributed by atoms with Crippen LogP contribution >= 0.6 is 0 Å². The van der Waals surface area contributed by atoms with E-state index in [0.717, 1.165) is 104 Å². The van der Waals surface area contributed by atoms with E-state index in [9.17, 15) is 4.79 Å². The number of ether oxygens (including phenoxy) is 1. The molecule has 1 amide bonds. The number of fused-ring (bicyclic) bond motifs is 4. The van der Waals surface area contributed by atoms with Gasteiger partial charge in [-0.25, -0.2) is 0 Å². The van der Waals surface area contributed by atoms with Crippen LogP contribution in [-0.2, 0) is 32.0 Å². The van der Waals surface area contributed by atoms with Crippen molar-refractivity contribution < 1.29 is 9.53 Å². The van der Waals surface area contributed by atoms with Crippen LogP contribution in [0.1, 0.15) is 18.1 Å². The number of rotatable bonds is 10. The van der Waals surface area contributed by atoms with Crippen LogP contribution in [-0.4, -0.2) is 83.1 Å². The second kappa shape index (κ2) is 18.6. The largest absolute Gasteiger partial charge is 0.496 e. The number of nitrogens with one attached hydrogen (secondary N) is 2. The second-order valence-corrected chi connectivity index (χ2v) is 16.7. The minimum Gasteiger partial charge on any atom is -0.496 e. The van der Waals surface area contributed by atoms with Crippen molar-refractivity contribution in [2.24, 2.45) is 14.1 Å². The minimum atomic E-state index is 0.137. The van der Waals surface area contributed by atoms with Gasteiger partial charge in [0.1, 0.15) is 5.75 Å². The Hall–Kier alpha value is -8.39. The lowest BCUT2D eigenvalue weighted by Crippen LogP contribution is -2.48. The van der Waals surface area contributed by atoms with Gasteiger partial charge in [0.15, 0.2) is 0 Å². The smallest absolute Gasteiger partial charge is 0.219 e. The van der Waals surface area contributed by atoms with E-state index in [1.165, 1.54) is 21.8 Å². The molecule has 67 heavy (non-hydrogen) atoms. The number of nitrogens with zero attached hydrogens (tertiary/aromatic N) is 10. The van der Waals surface area contributed by atoms with Gasteiger partial charge in [-0.05, 0) is 82.6 Å². The normalized spacial score (nSPS) is 12.7. The zero-order valence-electron chi connectivity index (χ0n) is 37.9. The number of hydrogen-bond acceptors (Lipinski definition) is 11. The van der Waals surface area contributed by atoms with E-state index in [1.54, 1.807) is 45.0 Å². The molecule has 7 heterocycles. The van der Waals surface area contributed by atoms with Crippen molar-refractivity contribution in [1.82, 2.24) is 43.9 Å². The third kappa shape index (κ3) is 8.88. The van der Waals surface area contributed by atoms with Crippen molar-refractivity contribution in [3.63, 3.8) is 0 Å². The third-order valence-electron chi connectivity index (χ3n) is 12.5. The first kappa shape index (κ1) is 42.6. The van der Waals surface area contributed by atoms with E-state index in [1.807, 2.05) is 35.6 Å². The fraction of sp³-hybridized carbons (Fsp3) is 0.189. The van der Waals surface area contributed by atoms with E-state index in [4.69, 9.17) is 4.74 Å². The van der Waals surface area contributed by atoms with Crippen molar-refractivity contribution in [3.05, 3.63) is 158 Å². The summed E-state index contributed by atoms with van der Waals surface area (Å²) in [6.07, 6.45) is 18.4. The lowest BCUT2D eigenvalue weighted by molar-refractivity contribution is -0.129. The SMILES string of the molecule is CC(=O)N1CCN(c2ccncc2CNc2cc(-c3ccc4ccn(C)c4c3)c3nccnc3c2)CC1.COc1ccncc1CNc1cc(-c2ccc3ccn(C)c3c2)c2nccnc2c1. The zero-order chi connectivity index (χ0) is 45.9. The summed E-state index contributed by atoms with van der Waals surface area (Å²) in [4.78, 5) is 43.0. The summed E-state index contributed by atoms with van der Waals surface area (Å²) in [6.45, 7) is 5.96. The average molecular weight is 887 g/mol. The molecular weight excluding hydrogens is 837 g/mol. The first-order valence-electron chi connectivity index (χ1n) is 22.3. The maximum atomic E-state index is 11.7. The number of amides is 1. The van der Waals surface area contributed by atoms with Gasteiger partial charge in [-0.1, -0.05) is 24.3 Å². The standard InChI is InChI=1S/C29H29N7O.C24H21N5O/c1-20(37)35-11-13-36(14-12-35)27-5-7-30-18-23(27)19-33-24-16-25(29-26(17-24)31-8-9-32-29)22-4-3-21-6-10-34(2)28(21)15-22;1-29-10-6-16-3-4-17(11-22(16)29)20-12-19(13-21-24(20)27-9-8-26-21)28-15-18-14-25-7-5-23(18)30-2/h3-10,15-18,33H,11-14,19H2,1-2H3;3-14,28H,15H2,1-2H3. The van der Waals surface area contributed by atoms with Gasteiger partial charge in [-0.15, -0.1) is 0 Å². The molecule has 1 aliphatic heterocycles. The Balaban J connectivity index is 0.000000160. The van der Waals surface area contributed by atoms with Crippen LogP contribution in [0.5, 0.6) is 5.75 Å². The number of aromatic nitrogens is 8. The Kier molecular flexibility index (Phi) is 11.8. The molecule has 0 atom stereocenters. The summed E-state index contributed by atoms with van der Waals surface area (Å²) < 4.78 is 9.70. The molecule has 4 aromatic carbocycles. The molecule has 0 aliphatic carbocycles. The molecule has 1 aliphatic rings. The molecule has 0 spiro atoms. The molecule has 14 nitrogen and oxygen atoms in total. The Morgan fingerprint density at radius 1 is 0.597 bits per heavy atom. The van der Waals surface area contributed by atoms with Crippen LogP contribution < -0.4 is 20.3 Å². The molecule has 334 valence electrons. The summed E-state index contributed by atoms with van der Waals surface area (Å²) in [5, 5.41) is 9.53. The van der Waals surface area contributed by atoms with Gasteiger partial charge in [0.25, 0.3) is 0 Å². The lowest BCUT2D eigenvalue weighted by Gasteiger charge is -2.36. The Bertz CT molecular complexity index is 3410. The third-order valence-corrected chi connectivity index (χ3v) is 12.5. The fourth-order valence-corrected chi connectivity index (χ4v) is 8.92. The summed E-state index contributed by atoms with van der Waals surface area (Å²) in [5.74, 6) is 0.949. The number of aryl methyl sites for hydroxylation is 2. The molecule has 11 rings (SSSR count). The number of pyridine rings is 2. The van der Waals surface area contributed by atoms with Gasteiger partial charge in [0.2, 0.25) is 5.91 Å². The molecule has 1 saturated heterocycles. The first-order valence-corrected chi connectivity index (χ1v) is 22.3. The summed E-state index contributed by atoms with van der Waals surface area (Å²) >= 11 is 0. The summed E-state index contributed by atoms with van der Waals surface area (Å²) in [7, 11) is 5.79. The van der Waals surface area contributed by atoms with Crippen molar-refractivity contribution >= 4 is 66.8 Å². The molecule has 6 aromatic heterocycles. The quantitative estimate of drug-likeness (QED) is 0.136. The predicted octanol–water partition coefficient (Wildman–Crippen LogP) is 9.27. The Labute approximate surface area is 388 Å². The molecule has 2 N–H and O–H groups in total. The Morgan fingerprint density at radius 2 is 1.12 bits per heavy atom. The fourth-order valence-electron chi connectivity index (χ4n) is 8.92. The molecule has 14 heteroatoms. The number of hydrogen-bond donors (Lipinski definition) is 2. The molecule has 0 radical (unpaired) electrons. The van der Waals surface area contributed by atoms with E-state index in [-0.39, 0.29) is 5.91 Å². The van der Waals surface area contributed by atoms with Gasteiger partial charge >= 0.3 is 0 Å². The second-order valence-electron chi connectivity index (χ2n) is 16.7. The maximum absolute atomic E-state index is 11.7. The van der Waals surface area contributed by atoms with E-state index in [2.05, 4.69) is 154 Å². The average Bonchev–Trinajstić information content (AvgIpc) is 3.94. The van der Waals surface area contributed by atoms with E-state index in [0.29, 0.717) is 13.1 Å². The highest BCUT2D eigenvalue weighted by Gasteiger charge is 2.21. The highest BCUT2D eigenvalue weighted by atomic mass is 16.5. The monoisotopic (exact) mass is 886 g/mol. The number of piperazine rings is 1. The molecule has 1 fully saturated rings. The van der Waals surface area contributed by atoms with Crippen LogP contribution in [0.4, 0.5) is 17.1 Å². The molecule has 10 aromatic rings. The van der Waals surface area contributed by atoms with Gasteiger partial charge in [0.05, 0.1) is 29.2 Å². The number of carbonyl (C=O) groups excluding carboxylic acids is 1. The van der Waals surface area contributed by atoms with Gasteiger partial charge in [-0.3, -0.25) is 34.7 Å². The zero-order valence-corrected chi connectivity index (χ0v) is 37.9. The highest BCUT2D eigenvalue weighted by Crippen LogP contribution is 2.35. The van der Waals surface area contributed by atoms with E-state index >= 15 is 0 Å². The van der Waals surface area contributed by atoms with E-state index < -0.39 is 0 Å². The predicted molar refractivity (Wildman–Crippen MR) is 267 cm³/mol. The molecule has 0 saturated carbocycles. The van der Waals surface area contributed by atoms with Crippen LogP contribution in [0.25, 0.3) is 66.1 Å². The highest BCUT2D eigenvalue weighted by molar-refractivity contribution is 5.98. The Morgan fingerprint density at radius 3 is 1.67 bits per heavy atom. The van der Waals surface area contributed by atoms with Crippen molar-refractivity contribution in [2.45, 2.75) is 20.0 Å². The van der Waals surface area contributed by atoms with Crippen LogP contribution in [0, 0.1) is 0 Å². The van der Waals surface area contributed by atoms with Crippen molar-refractivity contribution in [3.8, 4) is 28.0 Å². The minimum absolute atomic E-state index is 0.137. The number of anilines is 3. The lowest BCUT2D eigenvalue weighted by atomic mass is 10.0. The summed E-state index contributed by atoms with van der Waals surface area (Å²) in [5.41, 5.74) is 15.3. The van der Waals surface area contributed by atoms with Crippen LogP contribution in [0.15, 0.2) is 147 Å².